The fraction of sp³-hybridized carbons (Fsp3) is 0.278. The number of fused-ring (bicyclic) bond motifs is 1. The molecule has 0 radical (unpaired) electrons. The number of benzene rings is 1. The van der Waals surface area contributed by atoms with E-state index in [9.17, 15) is 4.79 Å². The Labute approximate surface area is 140 Å². The Morgan fingerprint density at radius 3 is 2.71 bits per heavy atom. The monoisotopic (exact) mass is 323 g/mol. The molecule has 6 heteroatoms. The average Bonchev–Trinajstić information content (AvgIpc) is 2.92. The van der Waals surface area contributed by atoms with Crippen LogP contribution in [0.1, 0.15) is 11.5 Å². The number of para-hydroxylation sites is 2. The van der Waals surface area contributed by atoms with Gasteiger partial charge in [0.15, 0.2) is 0 Å². The third-order valence-corrected chi connectivity index (χ3v) is 3.86. The Morgan fingerprint density at radius 1 is 1.08 bits per heavy atom. The smallest absolute Gasteiger partial charge is 0.314 e. The van der Waals surface area contributed by atoms with Gasteiger partial charge in [-0.25, -0.2) is 9.78 Å². The zero-order valence-electron chi connectivity index (χ0n) is 13.7. The number of rotatable bonds is 6. The number of aryl methyl sites for hydroxylation is 1. The normalized spacial score (nSPS) is 10.7. The lowest BCUT2D eigenvalue weighted by Crippen LogP contribution is -2.38. The number of amides is 2. The first-order valence-corrected chi connectivity index (χ1v) is 8.07. The zero-order valence-corrected chi connectivity index (χ0v) is 13.7. The number of imidazole rings is 1. The van der Waals surface area contributed by atoms with Crippen molar-refractivity contribution >= 4 is 17.1 Å². The summed E-state index contributed by atoms with van der Waals surface area (Å²) in [5.41, 5.74) is 3.04. The molecule has 124 valence electrons. The SMILES string of the molecule is Cc1nc2ccccc2n1CCNC(=O)NCCc1ccccn1. The molecule has 0 bridgehead atoms. The molecule has 0 spiro atoms. The average molecular weight is 323 g/mol. The van der Waals surface area contributed by atoms with E-state index in [0.717, 1.165) is 29.0 Å². The van der Waals surface area contributed by atoms with Crippen LogP contribution in [-0.2, 0) is 13.0 Å². The van der Waals surface area contributed by atoms with E-state index in [1.54, 1.807) is 6.20 Å². The maximum Gasteiger partial charge on any atom is 0.314 e. The maximum absolute atomic E-state index is 11.8. The highest BCUT2D eigenvalue weighted by atomic mass is 16.2. The first-order chi connectivity index (χ1) is 11.7. The molecule has 24 heavy (non-hydrogen) atoms. The van der Waals surface area contributed by atoms with Crippen LogP contribution in [0.4, 0.5) is 4.79 Å². The van der Waals surface area contributed by atoms with E-state index in [-0.39, 0.29) is 6.03 Å². The molecule has 2 aromatic heterocycles. The summed E-state index contributed by atoms with van der Waals surface area (Å²) in [6, 6.07) is 13.6. The van der Waals surface area contributed by atoms with Crippen LogP contribution in [0.5, 0.6) is 0 Å². The topological polar surface area (TPSA) is 71.8 Å². The molecule has 0 saturated heterocycles. The van der Waals surface area contributed by atoms with Crippen LogP contribution in [0, 0.1) is 6.92 Å². The Balaban J connectivity index is 1.44. The predicted octanol–water partition coefficient (Wildman–Crippen LogP) is 2.28. The molecule has 2 heterocycles. The van der Waals surface area contributed by atoms with E-state index in [0.29, 0.717) is 19.6 Å². The van der Waals surface area contributed by atoms with E-state index in [1.165, 1.54) is 0 Å². The molecule has 0 aliphatic rings. The van der Waals surface area contributed by atoms with Gasteiger partial charge in [0.2, 0.25) is 0 Å². The van der Waals surface area contributed by atoms with Crippen LogP contribution in [0.25, 0.3) is 11.0 Å². The van der Waals surface area contributed by atoms with Crippen LogP contribution in [-0.4, -0.2) is 33.7 Å². The zero-order chi connectivity index (χ0) is 16.8. The van der Waals surface area contributed by atoms with Crippen molar-refractivity contribution < 1.29 is 4.79 Å². The lowest BCUT2D eigenvalue weighted by Gasteiger charge is -2.10. The number of hydrogen-bond donors (Lipinski definition) is 2. The Hall–Kier alpha value is -2.89. The van der Waals surface area contributed by atoms with Gasteiger partial charge in [-0.05, 0) is 31.2 Å². The summed E-state index contributed by atoms with van der Waals surface area (Å²) in [6.45, 7) is 3.79. The van der Waals surface area contributed by atoms with Crippen molar-refractivity contribution in [3.05, 3.63) is 60.2 Å². The number of hydrogen-bond acceptors (Lipinski definition) is 3. The van der Waals surface area contributed by atoms with Crippen LogP contribution in [0.3, 0.4) is 0 Å². The van der Waals surface area contributed by atoms with Crippen LogP contribution >= 0.6 is 0 Å². The Morgan fingerprint density at radius 2 is 1.88 bits per heavy atom. The molecular formula is C18H21N5O. The van der Waals surface area contributed by atoms with Gasteiger partial charge in [-0.3, -0.25) is 4.98 Å². The van der Waals surface area contributed by atoms with Gasteiger partial charge in [-0.15, -0.1) is 0 Å². The third-order valence-electron chi connectivity index (χ3n) is 3.86. The second-order valence-corrected chi connectivity index (χ2v) is 5.55. The fourth-order valence-electron chi connectivity index (χ4n) is 2.67. The summed E-state index contributed by atoms with van der Waals surface area (Å²) in [4.78, 5) is 20.6. The fourth-order valence-corrected chi connectivity index (χ4v) is 2.67. The van der Waals surface area contributed by atoms with Crippen molar-refractivity contribution in [2.24, 2.45) is 0 Å². The molecule has 0 aliphatic heterocycles. The molecule has 6 nitrogen and oxygen atoms in total. The molecule has 0 saturated carbocycles. The Kier molecular flexibility index (Phi) is 5.05. The van der Waals surface area contributed by atoms with E-state index < -0.39 is 0 Å². The van der Waals surface area contributed by atoms with E-state index in [4.69, 9.17) is 0 Å². The minimum Gasteiger partial charge on any atom is -0.338 e. The number of nitrogens with zero attached hydrogens (tertiary/aromatic N) is 3. The number of nitrogens with one attached hydrogen (secondary N) is 2. The van der Waals surface area contributed by atoms with Gasteiger partial charge in [0.05, 0.1) is 11.0 Å². The number of pyridine rings is 1. The van der Waals surface area contributed by atoms with Crippen LogP contribution < -0.4 is 10.6 Å². The van der Waals surface area contributed by atoms with Crippen molar-refractivity contribution in [2.75, 3.05) is 13.1 Å². The molecule has 0 fully saturated rings. The van der Waals surface area contributed by atoms with Crippen molar-refractivity contribution in [3.8, 4) is 0 Å². The van der Waals surface area contributed by atoms with Crippen molar-refractivity contribution in [1.82, 2.24) is 25.2 Å². The first-order valence-electron chi connectivity index (χ1n) is 8.07. The van der Waals surface area contributed by atoms with Gasteiger partial charge in [-0.2, -0.15) is 0 Å². The molecule has 1 aromatic carbocycles. The highest BCUT2D eigenvalue weighted by Gasteiger charge is 2.06. The second-order valence-electron chi connectivity index (χ2n) is 5.55. The summed E-state index contributed by atoms with van der Waals surface area (Å²) in [5, 5.41) is 5.73. The summed E-state index contributed by atoms with van der Waals surface area (Å²) in [7, 11) is 0. The molecule has 3 rings (SSSR count). The summed E-state index contributed by atoms with van der Waals surface area (Å²) >= 11 is 0. The molecule has 0 atom stereocenters. The first kappa shape index (κ1) is 16.0. The number of carbonyl (C=O) groups excluding carboxylic acids is 1. The van der Waals surface area contributed by atoms with Gasteiger partial charge in [0.25, 0.3) is 0 Å². The van der Waals surface area contributed by atoms with Gasteiger partial charge in [-0.1, -0.05) is 18.2 Å². The summed E-state index contributed by atoms with van der Waals surface area (Å²) in [6.07, 6.45) is 2.48. The lowest BCUT2D eigenvalue weighted by atomic mass is 10.3. The van der Waals surface area contributed by atoms with Gasteiger partial charge < -0.3 is 15.2 Å². The minimum absolute atomic E-state index is 0.159. The highest BCUT2D eigenvalue weighted by molar-refractivity contribution is 5.76. The molecule has 0 aliphatic carbocycles. The molecule has 3 aromatic rings. The van der Waals surface area contributed by atoms with Gasteiger partial charge in [0, 0.05) is 37.9 Å². The number of urea groups is 1. The Bertz CT molecular complexity index is 813. The highest BCUT2D eigenvalue weighted by Crippen LogP contribution is 2.14. The van der Waals surface area contributed by atoms with Crippen molar-refractivity contribution in [2.45, 2.75) is 19.9 Å². The predicted molar refractivity (Wildman–Crippen MR) is 93.8 cm³/mol. The van der Waals surface area contributed by atoms with Crippen molar-refractivity contribution in [3.63, 3.8) is 0 Å². The maximum atomic E-state index is 11.8. The van der Waals surface area contributed by atoms with Gasteiger partial charge in [0.1, 0.15) is 5.82 Å². The van der Waals surface area contributed by atoms with Crippen molar-refractivity contribution in [1.29, 1.82) is 0 Å². The van der Waals surface area contributed by atoms with E-state index in [2.05, 4.69) is 25.2 Å². The van der Waals surface area contributed by atoms with E-state index in [1.807, 2.05) is 49.4 Å². The largest absolute Gasteiger partial charge is 0.338 e. The summed E-state index contributed by atoms with van der Waals surface area (Å²) < 4.78 is 2.11. The van der Waals surface area contributed by atoms with Crippen LogP contribution in [0.2, 0.25) is 0 Å². The second kappa shape index (κ2) is 7.59. The molecule has 0 unspecified atom stereocenters. The molecular weight excluding hydrogens is 302 g/mol. The third kappa shape index (κ3) is 3.90. The van der Waals surface area contributed by atoms with Crippen LogP contribution in [0.15, 0.2) is 48.7 Å². The minimum atomic E-state index is -0.159. The molecule has 2 amide bonds. The number of carbonyl (C=O) groups is 1. The summed E-state index contributed by atoms with van der Waals surface area (Å²) in [5.74, 6) is 0.952. The lowest BCUT2D eigenvalue weighted by molar-refractivity contribution is 0.240. The quantitative estimate of drug-likeness (QED) is 0.731. The van der Waals surface area contributed by atoms with E-state index >= 15 is 0 Å². The number of aromatic nitrogens is 3. The molecule has 2 N–H and O–H groups in total. The van der Waals surface area contributed by atoms with Gasteiger partial charge >= 0.3 is 6.03 Å². The standard InChI is InChI=1S/C18H21N5O/c1-14-22-16-7-2-3-8-17(16)23(14)13-12-21-18(24)20-11-9-15-6-4-5-10-19-15/h2-8,10H,9,11-13H2,1H3,(H2,20,21,24).